The maximum Gasteiger partial charge on any atom is 0.180 e. The van der Waals surface area contributed by atoms with Gasteiger partial charge in [0, 0.05) is 5.38 Å². The van der Waals surface area contributed by atoms with Crippen molar-refractivity contribution in [2.45, 2.75) is 13.8 Å². The Balaban J connectivity index is 2.96. The molecule has 0 fully saturated rings. The lowest BCUT2D eigenvalue weighted by atomic mass is 10.2. The van der Waals surface area contributed by atoms with Crippen LogP contribution in [0.3, 0.4) is 0 Å². The SMILES string of the molecule is CC=CC(=CC)c1csc(N)n1. The zero-order valence-corrected chi connectivity index (χ0v) is 8.06. The van der Waals surface area contributed by atoms with Crippen molar-refractivity contribution in [2.75, 3.05) is 5.73 Å². The summed E-state index contributed by atoms with van der Waals surface area (Å²) in [7, 11) is 0. The fourth-order valence-corrected chi connectivity index (χ4v) is 1.50. The number of hydrogen-bond donors (Lipinski definition) is 1. The van der Waals surface area contributed by atoms with E-state index in [1.807, 2.05) is 37.5 Å². The van der Waals surface area contributed by atoms with Crippen LogP contribution < -0.4 is 5.73 Å². The number of hydrogen-bond acceptors (Lipinski definition) is 3. The molecule has 1 aromatic rings. The van der Waals surface area contributed by atoms with Gasteiger partial charge in [0.1, 0.15) is 0 Å². The summed E-state index contributed by atoms with van der Waals surface area (Å²) in [4.78, 5) is 4.18. The van der Waals surface area contributed by atoms with Gasteiger partial charge in [-0.15, -0.1) is 11.3 Å². The van der Waals surface area contributed by atoms with Gasteiger partial charge in [0.2, 0.25) is 0 Å². The maximum atomic E-state index is 5.52. The van der Waals surface area contributed by atoms with Gasteiger partial charge in [0.05, 0.1) is 5.69 Å². The molecular formula is C9H12N2S. The van der Waals surface area contributed by atoms with Crippen LogP contribution in [-0.2, 0) is 0 Å². The summed E-state index contributed by atoms with van der Waals surface area (Å²) < 4.78 is 0. The molecule has 1 aromatic heterocycles. The molecule has 0 spiro atoms. The van der Waals surface area contributed by atoms with E-state index in [1.54, 1.807) is 0 Å². The molecule has 0 atom stereocenters. The zero-order valence-electron chi connectivity index (χ0n) is 7.24. The van der Waals surface area contributed by atoms with Crippen molar-refractivity contribution < 1.29 is 0 Å². The molecule has 0 radical (unpaired) electrons. The van der Waals surface area contributed by atoms with E-state index in [0.717, 1.165) is 11.3 Å². The average molecular weight is 180 g/mol. The van der Waals surface area contributed by atoms with Gasteiger partial charge >= 0.3 is 0 Å². The molecule has 0 aliphatic carbocycles. The van der Waals surface area contributed by atoms with E-state index in [9.17, 15) is 0 Å². The molecule has 0 aromatic carbocycles. The average Bonchev–Trinajstić information content (AvgIpc) is 2.47. The minimum absolute atomic E-state index is 0.619. The highest BCUT2D eigenvalue weighted by Crippen LogP contribution is 2.19. The van der Waals surface area contributed by atoms with Gasteiger partial charge in [0.15, 0.2) is 5.13 Å². The van der Waals surface area contributed by atoms with Crippen molar-refractivity contribution in [3.63, 3.8) is 0 Å². The summed E-state index contributed by atoms with van der Waals surface area (Å²) in [6.45, 7) is 3.98. The summed E-state index contributed by atoms with van der Waals surface area (Å²) in [5.41, 5.74) is 7.60. The second-order valence-electron chi connectivity index (χ2n) is 2.32. The number of aromatic nitrogens is 1. The van der Waals surface area contributed by atoms with Crippen molar-refractivity contribution in [1.82, 2.24) is 4.98 Å². The van der Waals surface area contributed by atoms with E-state index < -0.39 is 0 Å². The fraction of sp³-hybridized carbons (Fsp3) is 0.222. The molecule has 2 N–H and O–H groups in total. The first-order valence-corrected chi connectivity index (χ1v) is 4.66. The van der Waals surface area contributed by atoms with Gasteiger partial charge in [-0.2, -0.15) is 0 Å². The third kappa shape index (κ3) is 1.95. The Kier molecular flexibility index (Phi) is 3.05. The number of nitrogen functional groups attached to an aromatic ring is 1. The van der Waals surface area contributed by atoms with Crippen molar-refractivity contribution >= 4 is 22.0 Å². The van der Waals surface area contributed by atoms with Gasteiger partial charge in [-0.05, 0) is 19.4 Å². The molecular weight excluding hydrogens is 168 g/mol. The van der Waals surface area contributed by atoms with E-state index in [4.69, 9.17) is 5.73 Å². The Bertz CT molecular complexity index is 310. The van der Waals surface area contributed by atoms with E-state index in [2.05, 4.69) is 4.98 Å². The summed E-state index contributed by atoms with van der Waals surface area (Å²) >= 11 is 1.47. The quantitative estimate of drug-likeness (QED) is 0.711. The van der Waals surface area contributed by atoms with Crippen LogP contribution in [0.2, 0.25) is 0 Å². The van der Waals surface area contributed by atoms with Crippen LogP contribution in [0, 0.1) is 0 Å². The van der Waals surface area contributed by atoms with Crippen LogP contribution >= 0.6 is 11.3 Å². The monoisotopic (exact) mass is 180 g/mol. The van der Waals surface area contributed by atoms with Crippen molar-refractivity contribution in [3.05, 3.63) is 29.3 Å². The van der Waals surface area contributed by atoms with Gasteiger partial charge in [0.25, 0.3) is 0 Å². The summed E-state index contributed by atoms with van der Waals surface area (Å²) in [5.74, 6) is 0. The fourth-order valence-electron chi connectivity index (χ4n) is 0.929. The first-order chi connectivity index (χ1) is 5.77. The van der Waals surface area contributed by atoms with Crippen LogP contribution in [0.5, 0.6) is 0 Å². The molecule has 0 saturated carbocycles. The zero-order chi connectivity index (χ0) is 8.97. The molecule has 1 heterocycles. The predicted octanol–water partition coefficient (Wildman–Crippen LogP) is 2.70. The Morgan fingerprint density at radius 3 is 2.75 bits per heavy atom. The summed E-state index contributed by atoms with van der Waals surface area (Å²) in [6.07, 6.45) is 6.04. The molecule has 2 nitrogen and oxygen atoms in total. The molecule has 0 aliphatic rings. The highest BCUT2D eigenvalue weighted by molar-refractivity contribution is 7.13. The number of nitrogens with zero attached hydrogens (tertiary/aromatic N) is 1. The Labute approximate surface area is 76.4 Å². The number of anilines is 1. The molecule has 12 heavy (non-hydrogen) atoms. The Morgan fingerprint density at radius 2 is 2.33 bits per heavy atom. The van der Waals surface area contributed by atoms with E-state index in [-0.39, 0.29) is 0 Å². The van der Waals surface area contributed by atoms with Crippen LogP contribution in [0.25, 0.3) is 5.57 Å². The molecule has 64 valence electrons. The summed E-state index contributed by atoms with van der Waals surface area (Å²) in [5, 5.41) is 2.58. The van der Waals surface area contributed by atoms with Crippen LogP contribution in [0.1, 0.15) is 19.5 Å². The molecule has 3 heteroatoms. The number of nitrogens with two attached hydrogens (primary N) is 1. The molecule has 0 amide bonds. The minimum atomic E-state index is 0.619. The molecule has 0 saturated heterocycles. The van der Waals surface area contributed by atoms with E-state index >= 15 is 0 Å². The van der Waals surface area contributed by atoms with Gasteiger partial charge in [-0.25, -0.2) is 4.98 Å². The Hall–Kier alpha value is -1.09. The Morgan fingerprint density at radius 1 is 1.58 bits per heavy atom. The number of thiazole rings is 1. The van der Waals surface area contributed by atoms with Crippen molar-refractivity contribution in [3.8, 4) is 0 Å². The third-order valence-electron chi connectivity index (χ3n) is 1.47. The van der Waals surface area contributed by atoms with Gasteiger partial charge in [-0.1, -0.05) is 18.2 Å². The second-order valence-corrected chi connectivity index (χ2v) is 3.20. The lowest BCUT2D eigenvalue weighted by molar-refractivity contribution is 1.36. The number of allylic oxidation sites excluding steroid dienone is 4. The first kappa shape index (κ1) is 9.00. The predicted molar refractivity (Wildman–Crippen MR) is 55.0 cm³/mol. The largest absolute Gasteiger partial charge is 0.375 e. The smallest absolute Gasteiger partial charge is 0.180 e. The second kappa shape index (κ2) is 4.07. The van der Waals surface area contributed by atoms with E-state index in [0.29, 0.717) is 5.13 Å². The lowest BCUT2D eigenvalue weighted by Gasteiger charge is -1.93. The van der Waals surface area contributed by atoms with Crippen LogP contribution in [0.15, 0.2) is 23.6 Å². The standard InChI is InChI=1S/C9H12N2S/c1-3-5-7(4-2)8-6-12-9(10)11-8/h3-6H,1-2H3,(H2,10,11). The van der Waals surface area contributed by atoms with Crippen LogP contribution in [-0.4, -0.2) is 4.98 Å². The van der Waals surface area contributed by atoms with Crippen molar-refractivity contribution in [1.29, 1.82) is 0 Å². The molecule has 0 aliphatic heterocycles. The van der Waals surface area contributed by atoms with Gasteiger partial charge in [-0.3, -0.25) is 0 Å². The minimum Gasteiger partial charge on any atom is -0.375 e. The summed E-state index contributed by atoms with van der Waals surface area (Å²) in [6, 6.07) is 0. The third-order valence-corrected chi connectivity index (χ3v) is 2.15. The molecule has 1 rings (SSSR count). The highest BCUT2D eigenvalue weighted by Gasteiger charge is 2.00. The molecule has 0 bridgehead atoms. The van der Waals surface area contributed by atoms with Crippen LogP contribution in [0.4, 0.5) is 5.13 Å². The normalized spacial score (nSPS) is 12.7. The molecule has 0 unspecified atom stereocenters. The topological polar surface area (TPSA) is 38.9 Å². The van der Waals surface area contributed by atoms with Crippen molar-refractivity contribution in [2.24, 2.45) is 0 Å². The number of rotatable bonds is 2. The first-order valence-electron chi connectivity index (χ1n) is 3.78. The maximum absolute atomic E-state index is 5.52. The van der Waals surface area contributed by atoms with E-state index in [1.165, 1.54) is 11.3 Å². The highest BCUT2D eigenvalue weighted by atomic mass is 32.1. The lowest BCUT2D eigenvalue weighted by Crippen LogP contribution is -1.84. The van der Waals surface area contributed by atoms with Gasteiger partial charge < -0.3 is 5.73 Å².